The lowest BCUT2D eigenvalue weighted by molar-refractivity contribution is 0.498. The molecule has 3 aromatic heterocycles. The Morgan fingerprint density at radius 2 is 1.71 bits per heavy atom. The van der Waals surface area contributed by atoms with Crippen molar-refractivity contribution in [2.24, 2.45) is 13.0 Å². The molecule has 3 heterocycles. The molecule has 0 unspecified atom stereocenters. The van der Waals surface area contributed by atoms with E-state index in [1.165, 1.54) is 7.05 Å². The molecule has 5 rings (SSSR count). The van der Waals surface area contributed by atoms with Crippen molar-refractivity contribution in [1.29, 1.82) is 0 Å². The normalized spacial score (nSPS) is 11.4. The van der Waals surface area contributed by atoms with Crippen LogP contribution in [0.4, 0.5) is 11.5 Å². The van der Waals surface area contributed by atoms with E-state index in [0.717, 1.165) is 21.5 Å². The van der Waals surface area contributed by atoms with E-state index in [-0.39, 0.29) is 17.2 Å². The van der Waals surface area contributed by atoms with Crippen molar-refractivity contribution in [2.45, 2.75) is 26.9 Å². The Balaban J connectivity index is 1.65. The Morgan fingerprint density at radius 1 is 0.971 bits per heavy atom. The molecule has 0 atom stereocenters. The van der Waals surface area contributed by atoms with E-state index in [1.807, 2.05) is 80.7 Å². The third kappa shape index (κ3) is 4.28. The van der Waals surface area contributed by atoms with Crippen LogP contribution in [0.2, 0.25) is 0 Å². The first-order valence-corrected chi connectivity index (χ1v) is 11.5. The second-order valence-electron chi connectivity index (χ2n) is 8.96. The Bertz CT molecular complexity index is 1580. The van der Waals surface area contributed by atoms with E-state index < -0.39 is 0 Å². The standard InChI is InChI=1S/C26H27N7O2/c1-18(2)16-31-24-22(25(34)30(3)26(31)35)23(28-20-8-5-4-6-9-20)33(29-24)17-19-10-12-21(13-11-19)32-15-7-14-27-32/h4-15,18,28H,16-17H2,1-3H3. The smallest absolute Gasteiger partial charge is 0.332 e. The van der Waals surface area contributed by atoms with Gasteiger partial charge in [0.1, 0.15) is 11.2 Å². The number of para-hydroxylation sites is 1. The van der Waals surface area contributed by atoms with Gasteiger partial charge in [0, 0.05) is 31.7 Å². The first-order chi connectivity index (χ1) is 16.9. The second-order valence-corrected chi connectivity index (χ2v) is 8.96. The molecule has 0 fully saturated rings. The van der Waals surface area contributed by atoms with Crippen LogP contribution in [-0.4, -0.2) is 28.7 Å². The van der Waals surface area contributed by atoms with E-state index in [4.69, 9.17) is 5.10 Å². The summed E-state index contributed by atoms with van der Waals surface area (Å²) in [4.78, 5) is 26.3. The minimum atomic E-state index is -0.372. The highest BCUT2D eigenvalue weighted by Gasteiger charge is 2.22. The zero-order chi connectivity index (χ0) is 24.5. The van der Waals surface area contributed by atoms with Gasteiger partial charge in [-0.15, -0.1) is 0 Å². The van der Waals surface area contributed by atoms with E-state index in [0.29, 0.717) is 29.9 Å². The summed E-state index contributed by atoms with van der Waals surface area (Å²) in [7, 11) is 1.51. The average Bonchev–Trinajstić information content (AvgIpc) is 3.51. The minimum absolute atomic E-state index is 0.207. The van der Waals surface area contributed by atoms with E-state index in [9.17, 15) is 9.59 Å². The topological polar surface area (TPSA) is 91.7 Å². The fourth-order valence-electron chi connectivity index (χ4n) is 4.14. The molecule has 5 aromatic rings. The van der Waals surface area contributed by atoms with Gasteiger partial charge in [0.05, 0.1) is 12.2 Å². The Labute approximate surface area is 201 Å². The van der Waals surface area contributed by atoms with Crippen LogP contribution in [0.25, 0.3) is 16.7 Å². The first-order valence-electron chi connectivity index (χ1n) is 11.5. The molecule has 1 N–H and O–H groups in total. The lowest BCUT2D eigenvalue weighted by Crippen LogP contribution is -2.38. The fraction of sp³-hybridized carbons (Fsp3) is 0.231. The van der Waals surface area contributed by atoms with Gasteiger partial charge in [-0.2, -0.15) is 10.2 Å². The second kappa shape index (κ2) is 9.09. The van der Waals surface area contributed by atoms with Crippen LogP contribution in [-0.2, 0) is 20.1 Å². The number of fused-ring (bicyclic) bond motifs is 1. The van der Waals surface area contributed by atoms with Gasteiger partial charge in [0.2, 0.25) is 0 Å². The van der Waals surface area contributed by atoms with Crippen molar-refractivity contribution < 1.29 is 0 Å². The SMILES string of the molecule is CC(C)Cn1c(=O)n(C)c(=O)c2c(Nc3ccccc3)n(Cc3ccc(-n4cccn4)cc3)nc21. The zero-order valence-corrected chi connectivity index (χ0v) is 19.9. The number of hydrogen-bond donors (Lipinski definition) is 1. The molecule has 9 heteroatoms. The predicted molar refractivity (Wildman–Crippen MR) is 136 cm³/mol. The Kier molecular flexibility index (Phi) is 5.82. The summed E-state index contributed by atoms with van der Waals surface area (Å²) in [5.41, 5.74) is 2.43. The maximum atomic E-state index is 13.3. The van der Waals surface area contributed by atoms with Crippen molar-refractivity contribution >= 4 is 22.5 Å². The van der Waals surface area contributed by atoms with Gasteiger partial charge in [-0.25, -0.2) is 14.2 Å². The van der Waals surface area contributed by atoms with Crippen LogP contribution in [0.15, 0.2) is 82.6 Å². The molecule has 2 aromatic carbocycles. The number of rotatable bonds is 7. The maximum absolute atomic E-state index is 13.3. The van der Waals surface area contributed by atoms with Crippen LogP contribution in [0.3, 0.4) is 0 Å². The summed E-state index contributed by atoms with van der Waals surface area (Å²) in [6.45, 7) is 4.95. The largest absolute Gasteiger partial charge is 0.340 e. The molecule has 0 radical (unpaired) electrons. The van der Waals surface area contributed by atoms with Crippen LogP contribution in [0.1, 0.15) is 19.4 Å². The van der Waals surface area contributed by atoms with Crippen LogP contribution < -0.4 is 16.6 Å². The number of anilines is 2. The summed E-state index contributed by atoms with van der Waals surface area (Å²) in [6.07, 6.45) is 3.63. The molecule has 9 nitrogen and oxygen atoms in total. The van der Waals surface area contributed by atoms with Gasteiger partial charge in [0.25, 0.3) is 5.56 Å². The van der Waals surface area contributed by atoms with Crippen molar-refractivity contribution in [3.05, 3.63) is 99.5 Å². The van der Waals surface area contributed by atoms with Crippen molar-refractivity contribution in [1.82, 2.24) is 28.7 Å². The molecule has 0 saturated heterocycles. The molecule has 35 heavy (non-hydrogen) atoms. The number of nitrogens with one attached hydrogen (secondary N) is 1. The number of hydrogen-bond acceptors (Lipinski definition) is 5. The highest BCUT2D eigenvalue weighted by Crippen LogP contribution is 2.25. The Morgan fingerprint density at radius 3 is 2.37 bits per heavy atom. The van der Waals surface area contributed by atoms with Gasteiger partial charge in [-0.1, -0.05) is 44.2 Å². The number of aromatic nitrogens is 6. The number of nitrogens with zero attached hydrogens (tertiary/aromatic N) is 6. The summed E-state index contributed by atoms with van der Waals surface area (Å²) >= 11 is 0. The molecular formula is C26H27N7O2. The molecule has 0 amide bonds. The molecule has 178 valence electrons. The summed E-state index contributed by atoms with van der Waals surface area (Å²) in [5, 5.41) is 12.8. The van der Waals surface area contributed by atoms with E-state index >= 15 is 0 Å². The molecular weight excluding hydrogens is 442 g/mol. The predicted octanol–water partition coefficient (Wildman–Crippen LogP) is 3.53. The van der Waals surface area contributed by atoms with Gasteiger partial charge in [-0.3, -0.25) is 13.9 Å². The third-order valence-electron chi connectivity index (χ3n) is 5.85. The summed E-state index contributed by atoms with van der Waals surface area (Å²) in [5.74, 6) is 0.763. The Hall–Kier alpha value is -4.40. The van der Waals surface area contributed by atoms with Gasteiger partial charge in [-0.05, 0) is 41.8 Å². The minimum Gasteiger partial charge on any atom is -0.340 e. The molecule has 0 aliphatic carbocycles. The van der Waals surface area contributed by atoms with Crippen LogP contribution in [0, 0.1) is 5.92 Å². The number of benzene rings is 2. The molecule has 0 bridgehead atoms. The highest BCUT2D eigenvalue weighted by molar-refractivity contribution is 5.89. The third-order valence-corrected chi connectivity index (χ3v) is 5.85. The van der Waals surface area contributed by atoms with Crippen LogP contribution in [0.5, 0.6) is 0 Å². The average molecular weight is 470 g/mol. The lowest BCUT2D eigenvalue weighted by Gasteiger charge is -2.12. The quantitative estimate of drug-likeness (QED) is 0.394. The van der Waals surface area contributed by atoms with E-state index in [2.05, 4.69) is 10.4 Å². The monoisotopic (exact) mass is 469 g/mol. The fourth-order valence-corrected chi connectivity index (χ4v) is 4.14. The lowest BCUT2D eigenvalue weighted by atomic mass is 10.2. The van der Waals surface area contributed by atoms with Gasteiger partial charge >= 0.3 is 5.69 Å². The molecule has 0 spiro atoms. The summed E-state index contributed by atoms with van der Waals surface area (Å²) < 4.78 is 6.31. The summed E-state index contributed by atoms with van der Waals surface area (Å²) in [6, 6.07) is 19.5. The van der Waals surface area contributed by atoms with Crippen molar-refractivity contribution in [3.8, 4) is 5.69 Å². The zero-order valence-electron chi connectivity index (χ0n) is 19.9. The molecule has 0 saturated carbocycles. The first kappa shape index (κ1) is 22.4. The highest BCUT2D eigenvalue weighted by atomic mass is 16.2. The molecule has 0 aliphatic heterocycles. The molecule has 0 aliphatic rings. The maximum Gasteiger partial charge on any atom is 0.332 e. The van der Waals surface area contributed by atoms with Crippen molar-refractivity contribution in [2.75, 3.05) is 5.32 Å². The van der Waals surface area contributed by atoms with Crippen LogP contribution >= 0.6 is 0 Å². The van der Waals surface area contributed by atoms with Crippen molar-refractivity contribution in [3.63, 3.8) is 0 Å². The van der Waals surface area contributed by atoms with E-state index in [1.54, 1.807) is 20.1 Å². The van der Waals surface area contributed by atoms with Gasteiger partial charge in [0.15, 0.2) is 5.65 Å². The van der Waals surface area contributed by atoms with Gasteiger partial charge < -0.3 is 5.32 Å².